The Balaban J connectivity index is 1.78. The third-order valence-corrected chi connectivity index (χ3v) is 7.39. The molecule has 0 aliphatic heterocycles. The fourth-order valence-electron chi connectivity index (χ4n) is 4.30. The van der Waals surface area contributed by atoms with Crippen LogP contribution in [-0.4, -0.2) is 46.6 Å². The van der Waals surface area contributed by atoms with Gasteiger partial charge in [-0.05, 0) is 90.6 Å². The van der Waals surface area contributed by atoms with Crippen molar-refractivity contribution in [3.05, 3.63) is 59.0 Å². The Morgan fingerprint density at radius 2 is 1.74 bits per heavy atom. The molecule has 0 unspecified atom stereocenters. The molecule has 2 aromatic heterocycles. The summed E-state index contributed by atoms with van der Waals surface area (Å²) in [6.45, 7) is 8.75. The Morgan fingerprint density at radius 1 is 1.11 bits per heavy atom. The van der Waals surface area contributed by atoms with Gasteiger partial charge in [-0.2, -0.15) is 0 Å². The topological polar surface area (TPSA) is 105 Å². The molecule has 0 radical (unpaired) electrons. The van der Waals surface area contributed by atoms with E-state index in [4.69, 9.17) is 0 Å². The number of hydrogen-bond donors (Lipinski definition) is 3. The molecule has 0 atom stereocenters. The summed E-state index contributed by atoms with van der Waals surface area (Å²) in [7, 11) is 0. The van der Waals surface area contributed by atoms with Crippen LogP contribution in [0.2, 0.25) is 0 Å². The zero-order chi connectivity index (χ0) is 25.6. The van der Waals surface area contributed by atoms with Crippen molar-refractivity contribution in [2.45, 2.75) is 83.1 Å². The largest absolute Gasteiger partial charge is 0.390 e. The van der Waals surface area contributed by atoms with E-state index in [1.165, 1.54) is 33.4 Å². The van der Waals surface area contributed by atoms with E-state index in [1.54, 1.807) is 46.2 Å². The first-order valence-corrected chi connectivity index (χ1v) is 11.9. The number of nitrogens with zero attached hydrogens (tertiary/aromatic N) is 4. The number of nitrogens with one attached hydrogen (secondary N) is 1. The number of aliphatic hydroxyl groups is 2. The van der Waals surface area contributed by atoms with Gasteiger partial charge in [0.1, 0.15) is 5.82 Å². The molecule has 188 valence electrons. The highest BCUT2D eigenvalue weighted by molar-refractivity contribution is 5.59. The van der Waals surface area contributed by atoms with Gasteiger partial charge in [-0.1, -0.05) is 0 Å². The van der Waals surface area contributed by atoms with E-state index in [2.05, 4.69) is 15.3 Å². The molecule has 0 spiro atoms. The highest BCUT2D eigenvalue weighted by Crippen LogP contribution is 2.32. The summed E-state index contributed by atoms with van der Waals surface area (Å²) >= 11 is 0. The molecule has 0 saturated heterocycles. The van der Waals surface area contributed by atoms with Crippen LogP contribution in [0.1, 0.15) is 60.3 Å². The van der Waals surface area contributed by atoms with Crippen molar-refractivity contribution >= 4 is 5.95 Å². The van der Waals surface area contributed by atoms with Crippen molar-refractivity contribution in [3.8, 4) is 17.1 Å². The molecule has 9 heteroatoms. The van der Waals surface area contributed by atoms with Gasteiger partial charge in [0.05, 0.1) is 33.8 Å². The molecule has 3 aromatic rings. The minimum atomic E-state index is -1.20. The molecule has 4 rings (SSSR count). The highest BCUT2D eigenvalue weighted by atomic mass is 19.1. The molecule has 2 heterocycles. The van der Waals surface area contributed by atoms with Gasteiger partial charge in [0.25, 0.3) is 0 Å². The lowest BCUT2D eigenvalue weighted by Gasteiger charge is -2.37. The van der Waals surface area contributed by atoms with E-state index in [0.29, 0.717) is 35.9 Å². The third-order valence-electron chi connectivity index (χ3n) is 7.39. The van der Waals surface area contributed by atoms with Crippen molar-refractivity contribution in [1.82, 2.24) is 19.1 Å². The predicted molar refractivity (Wildman–Crippen MR) is 133 cm³/mol. The predicted octanol–water partition coefficient (Wildman–Crippen LogP) is 3.85. The maximum atomic E-state index is 13.6. The summed E-state index contributed by atoms with van der Waals surface area (Å²) in [6, 6.07) is 7.53. The van der Waals surface area contributed by atoms with E-state index in [1.807, 2.05) is 6.92 Å². The van der Waals surface area contributed by atoms with Gasteiger partial charge in [-0.25, -0.2) is 19.2 Å². The van der Waals surface area contributed by atoms with Gasteiger partial charge in [0.2, 0.25) is 5.95 Å². The fraction of sp³-hybridized carbons (Fsp3) is 0.500. The van der Waals surface area contributed by atoms with E-state index >= 15 is 0 Å². The number of hydrogen-bond acceptors (Lipinski definition) is 6. The molecule has 1 aromatic carbocycles. The fourth-order valence-corrected chi connectivity index (χ4v) is 4.30. The zero-order valence-corrected chi connectivity index (χ0v) is 20.9. The molecule has 3 N–H and O–H groups in total. The Kier molecular flexibility index (Phi) is 6.36. The Labute approximate surface area is 204 Å². The van der Waals surface area contributed by atoms with Crippen LogP contribution < -0.4 is 11.0 Å². The average Bonchev–Trinajstić information content (AvgIpc) is 3.13. The second-order valence-corrected chi connectivity index (χ2v) is 10.8. The average molecular weight is 484 g/mol. The summed E-state index contributed by atoms with van der Waals surface area (Å²) in [4.78, 5) is 22.7. The van der Waals surface area contributed by atoms with Gasteiger partial charge >= 0.3 is 5.69 Å². The van der Waals surface area contributed by atoms with Crippen LogP contribution in [0.25, 0.3) is 17.1 Å². The van der Waals surface area contributed by atoms with Crippen molar-refractivity contribution < 1.29 is 14.6 Å². The van der Waals surface area contributed by atoms with Crippen molar-refractivity contribution in [1.29, 1.82) is 0 Å². The van der Waals surface area contributed by atoms with Crippen LogP contribution in [0.15, 0.2) is 47.5 Å². The molecule has 0 amide bonds. The van der Waals surface area contributed by atoms with E-state index in [9.17, 15) is 19.4 Å². The maximum Gasteiger partial charge on any atom is 0.333 e. The molecular weight excluding hydrogens is 449 g/mol. The standard InChI is InChI=1S/C26H34FN5O3/c1-24(2,25(3,4)34)31-16-21(32(23(31)33)19-8-6-17(27)7-9-19)20-12-15-28-22(30-20)29-18-10-13-26(5,35)14-11-18/h6-9,12,15-16,18,34-35H,10-11,13-14H2,1-5H3,(H,28,29,30). The Hall–Kier alpha value is -3.04. The first-order valence-electron chi connectivity index (χ1n) is 11.9. The van der Waals surface area contributed by atoms with Gasteiger partial charge in [0, 0.05) is 18.4 Å². The molecule has 0 bridgehead atoms. The second kappa shape index (κ2) is 8.87. The van der Waals surface area contributed by atoms with Crippen LogP contribution in [0.4, 0.5) is 10.3 Å². The number of halogens is 1. The van der Waals surface area contributed by atoms with E-state index in [-0.39, 0.29) is 11.7 Å². The van der Waals surface area contributed by atoms with E-state index < -0.39 is 22.6 Å². The second-order valence-electron chi connectivity index (χ2n) is 10.8. The molecular formula is C26H34FN5O3. The van der Waals surface area contributed by atoms with Crippen LogP contribution in [0.5, 0.6) is 0 Å². The Bertz CT molecular complexity index is 1250. The van der Waals surface area contributed by atoms with Crippen molar-refractivity contribution in [2.75, 3.05) is 5.32 Å². The maximum absolute atomic E-state index is 13.6. The molecule has 1 aliphatic carbocycles. The third kappa shape index (κ3) is 5.01. The first-order chi connectivity index (χ1) is 16.3. The molecule has 35 heavy (non-hydrogen) atoms. The van der Waals surface area contributed by atoms with Gasteiger partial charge in [-0.3, -0.25) is 9.13 Å². The minimum Gasteiger partial charge on any atom is -0.390 e. The van der Waals surface area contributed by atoms with Crippen LogP contribution in [0.3, 0.4) is 0 Å². The first kappa shape index (κ1) is 25.1. The number of anilines is 1. The summed E-state index contributed by atoms with van der Waals surface area (Å²) in [5, 5.41) is 24.4. The quantitative estimate of drug-likeness (QED) is 0.492. The molecule has 1 fully saturated rings. The normalized spacial score (nSPS) is 21.2. The zero-order valence-electron chi connectivity index (χ0n) is 20.9. The smallest absolute Gasteiger partial charge is 0.333 e. The van der Waals surface area contributed by atoms with Gasteiger partial charge < -0.3 is 15.5 Å². The lowest BCUT2D eigenvalue weighted by atomic mass is 9.84. The van der Waals surface area contributed by atoms with Crippen molar-refractivity contribution in [2.24, 2.45) is 0 Å². The highest BCUT2D eigenvalue weighted by Gasteiger charge is 2.39. The summed E-state index contributed by atoms with van der Waals surface area (Å²) < 4.78 is 16.6. The molecule has 1 aliphatic rings. The van der Waals surface area contributed by atoms with Crippen molar-refractivity contribution in [3.63, 3.8) is 0 Å². The number of aromatic nitrogens is 4. The lowest BCUT2D eigenvalue weighted by molar-refractivity contribution is -0.0279. The summed E-state index contributed by atoms with van der Waals surface area (Å²) in [6.07, 6.45) is 6.30. The molecule has 1 saturated carbocycles. The van der Waals surface area contributed by atoms with Crippen LogP contribution in [-0.2, 0) is 5.54 Å². The van der Waals surface area contributed by atoms with Crippen LogP contribution in [0, 0.1) is 5.82 Å². The molecule has 8 nitrogen and oxygen atoms in total. The van der Waals surface area contributed by atoms with E-state index in [0.717, 1.165) is 12.8 Å². The minimum absolute atomic E-state index is 0.142. The lowest BCUT2D eigenvalue weighted by Crippen LogP contribution is -2.51. The Morgan fingerprint density at radius 3 is 2.34 bits per heavy atom. The number of imidazole rings is 1. The number of benzene rings is 1. The monoisotopic (exact) mass is 483 g/mol. The summed E-state index contributed by atoms with van der Waals surface area (Å²) in [5.41, 5.74) is -1.67. The van der Waals surface area contributed by atoms with Crippen LogP contribution >= 0.6 is 0 Å². The van der Waals surface area contributed by atoms with Gasteiger partial charge in [-0.15, -0.1) is 0 Å². The van der Waals surface area contributed by atoms with Gasteiger partial charge in [0.15, 0.2) is 0 Å². The number of rotatable bonds is 6. The summed E-state index contributed by atoms with van der Waals surface area (Å²) in [5.74, 6) is 0.0289. The SMILES string of the molecule is CC1(O)CCC(Nc2nccc(-c3cn(C(C)(C)C(C)(C)O)c(=O)n3-c3ccc(F)cc3)n2)CC1.